The van der Waals surface area contributed by atoms with Crippen LogP contribution in [0.2, 0.25) is 0 Å². The Morgan fingerprint density at radius 1 is 1.14 bits per heavy atom. The molecule has 0 unspecified atom stereocenters. The molecule has 0 aliphatic carbocycles. The molecule has 110 valence electrons. The number of anilines is 1. The van der Waals surface area contributed by atoms with Crippen LogP contribution in [0, 0.1) is 30.9 Å². The van der Waals surface area contributed by atoms with Gasteiger partial charge < -0.3 is 10.5 Å². The van der Waals surface area contributed by atoms with Crippen LogP contribution < -0.4 is 10.5 Å². The van der Waals surface area contributed by atoms with Gasteiger partial charge in [0, 0.05) is 23.4 Å². The zero-order valence-corrected chi connectivity index (χ0v) is 12.3. The summed E-state index contributed by atoms with van der Waals surface area (Å²) in [5, 5.41) is 10.8. The third kappa shape index (κ3) is 3.31. The first-order valence-corrected chi connectivity index (χ1v) is 6.62. The number of benzene rings is 2. The SMILES string of the molecule is Cc1cc(C)c(OCc2cc([N+](=O)[O-])ccc2N)c(C)c1. The van der Waals surface area contributed by atoms with Gasteiger partial charge in [0.05, 0.1) is 4.92 Å². The summed E-state index contributed by atoms with van der Waals surface area (Å²) in [5.74, 6) is 0.798. The number of nitrogens with two attached hydrogens (primary N) is 1. The van der Waals surface area contributed by atoms with Crippen LogP contribution >= 0.6 is 0 Å². The zero-order chi connectivity index (χ0) is 15.6. The lowest BCUT2D eigenvalue weighted by Gasteiger charge is -2.14. The van der Waals surface area contributed by atoms with Gasteiger partial charge in [-0.3, -0.25) is 10.1 Å². The van der Waals surface area contributed by atoms with Crippen molar-refractivity contribution in [1.82, 2.24) is 0 Å². The Bertz CT molecular complexity index is 673. The summed E-state index contributed by atoms with van der Waals surface area (Å²) in [7, 11) is 0. The average Bonchev–Trinajstić information content (AvgIpc) is 2.39. The minimum atomic E-state index is -0.439. The molecule has 0 radical (unpaired) electrons. The van der Waals surface area contributed by atoms with Gasteiger partial charge in [-0.2, -0.15) is 0 Å². The predicted octanol–water partition coefficient (Wildman–Crippen LogP) is 3.68. The molecule has 2 N–H and O–H groups in total. The molecule has 0 bridgehead atoms. The molecule has 0 heterocycles. The number of non-ortho nitro benzene ring substituents is 1. The molecule has 0 saturated carbocycles. The summed E-state index contributed by atoms with van der Waals surface area (Å²) in [4.78, 5) is 10.4. The Balaban J connectivity index is 2.24. The molecule has 0 aliphatic heterocycles. The van der Waals surface area contributed by atoms with E-state index in [0.29, 0.717) is 11.3 Å². The highest BCUT2D eigenvalue weighted by molar-refractivity contribution is 5.53. The highest BCUT2D eigenvalue weighted by atomic mass is 16.6. The second-order valence-corrected chi connectivity index (χ2v) is 5.16. The maximum Gasteiger partial charge on any atom is 0.269 e. The van der Waals surface area contributed by atoms with Gasteiger partial charge in [-0.25, -0.2) is 0 Å². The molecule has 2 aromatic carbocycles. The molecule has 0 fully saturated rings. The summed E-state index contributed by atoms with van der Waals surface area (Å²) in [6, 6.07) is 8.46. The highest BCUT2D eigenvalue weighted by Crippen LogP contribution is 2.27. The van der Waals surface area contributed by atoms with Crippen molar-refractivity contribution in [2.45, 2.75) is 27.4 Å². The number of nitrogen functional groups attached to an aromatic ring is 1. The number of rotatable bonds is 4. The summed E-state index contributed by atoms with van der Waals surface area (Å²) < 4.78 is 5.82. The molecule has 0 spiro atoms. The van der Waals surface area contributed by atoms with Crippen molar-refractivity contribution in [2.75, 3.05) is 5.73 Å². The average molecular weight is 286 g/mol. The molecule has 0 amide bonds. The van der Waals surface area contributed by atoms with E-state index in [-0.39, 0.29) is 12.3 Å². The summed E-state index contributed by atoms with van der Waals surface area (Å²) >= 11 is 0. The van der Waals surface area contributed by atoms with Crippen molar-refractivity contribution < 1.29 is 9.66 Å². The molecular weight excluding hydrogens is 268 g/mol. The molecule has 0 aliphatic rings. The molecule has 2 aromatic rings. The topological polar surface area (TPSA) is 78.4 Å². The quantitative estimate of drug-likeness (QED) is 0.528. The molecular formula is C16H18N2O3. The van der Waals surface area contributed by atoms with Gasteiger partial charge in [-0.15, -0.1) is 0 Å². The van der Waals surface area contributed by atoms with Crippen LogP contribution in [-0.2, 0) is 6.61 Å². The smallest absolute Gasteiger partial charge is 0.269 e. The van der Waals surface area contributed by atoms with Crippen molar-refractivity contribution in [3.63, 3.8) is 0 Å². The van der Waals surface area contributed by atoms with E-state index in [1.807, 2.05) is 32.9 Å². The monoisotopic (exact) mass is 286 g/mol. The van der Waals surface area contributed by atoms with Gasteiger partial charge in [0.1, 0.15) is 12.4 Å². The van der Waals surface area contributed by atoms with Crippen LogP contribution in [0.3, 0.4) is 0 Å². The van der Waals surface area contributed by atoms with Gasteiger partial charge in [-0.05, 0) is 38.0 Å². The maximum absolute atomic E-state index is 10.8. The van der Waals surface area contributed by atoms with Crippen molar-refractivity contribution in [1.29, 1.82) is 0 Å². The second kappa shape index (κ2) is 5.83. The van der Waals surface area contributed by atoms with Gasteiger partial charge in [0.25, 0.3) is 5.69 Å². The number of nitro benzene ring substituents is 1. The van der Waals surface area contributed by atoms with Crippen molar-refractivity contribution in [3.05, 3.63) is 62.7 Å². The number of aryl methyl sites for hydroxylation is 3. The largest absolute Gasteiger partial charge is 0.488 e. The van der Waals surface area contributed by atoms with Crippen LogP contribution in [0.4, 0.5) is 11.4 Å². The lowest BCUT2D eigenvalue weighted by molar-refractivity contribution is -0.384. The van der Waals surface area contributed by atoms with Crippen molar-refractivity contribution in [3.8, 4) is 5.75 Å². The van der Waals surface area contributed by atoms with Crippen LogP contribution in [0.5, 0.6) is 5.75 Å². The fourth-order valence-corrected chi connectivity index (χ4v) is 2.38. The molecule has 0 saturated heterocycles. The summed E-state index contributed by atoms with van der Waals surface area (Å²) in [6.45, 7) is 6.19. The van der Waals surface area contributed by atoms with E-state index in [4.69, 9.17) is 10.5 Å². The number of nitrogens with zero attached hydrogens (tertiary/aromatic N) is 1. The first-order valence-electron chi connectivity index (χ1n) is 6.62. The zero-order valence-electron chi connectivity index (χ0n) is 12.3. The number of hydrogen-bond donors (Lipinski definition) is 1. The summed E-state index contributed by atoms with van der Waals surface area (Å²) in [6.07, 6.45) is 0. The molecule has 5 heteroatoms. The predicted molar refractivity (Wildman–Crippen MR) is 82.5 cm³/mol. The van der Waals surface area contributed by atoms with Crippen LogP contribution in [0.1, 0.15) is 22.3 Å². The van der Waals surface area contributed by atoms with E-state index in [0.717, 1.165) is 16.9 Å². The fraction of sp³-hybridized carbons (Fsp3) is 0.250. The van der Waals surface area contributed by atoms with Crippen LogP contribution in [0.15, 0.2) is 30.3 Å². The molecule has 21 heavy (non-hydrogen) atoms. The molecule has 2 rings (SSSR count). The minimum Gasteiger partial charge on any atom is -0.488 e. The first kappa shape index (κ1) is 14.8. The Morgan fingerprint density at radius 2 is 1.76 bits per heavy atom. The molecule has 0 atom stereocenters. The van der Waals surface area contributed by atoms with E-state index in [2.05, 4.69) is 0 Å². The Labute approximate surface area is 123 Å². The highest BCUT2D eigenvalue weighted by Gasteiger charge is 2.11. The fourth-order valence-electron chi connectivity index (χ4n) is 2.38. The summed E-state index contributed by atoms with van der Waals surface area (Å²) in [5.41, 5.74) is 10.2. The van der Waals surface area contributed by atoms with Gasteiger partial charge in [0.15, 0.2) is 0 Å². The van der Waals surface area contributed by atoms with Crippen molar-refractivity contribution >= 4 is 11.4 Å². The number of hydrogen-bond acceptors (Lipinski definition) is 4. The Morgan fingerprint density at radius 3 is 2.33 bits per heavy atom. The maximum atomic E-state index is 10.8. The molecule has 0 aromatic heterocycles. The lowest BCUT2D eigenvalue weighted by Crippen LogP contribution is -2.03. The second-order valence-electron chi connectivity index (χ2n) is 5.16. The first-order chi connectivity index (χ1) is 9.88. The standard InChI is InChI=1S/C16H18N2O3/c1-10-6-11(2)16(12(3)7-10)21-9-13-8-14(18(19)20)4-5-15(13)17/h4-8H,9,17H2,1-3H3. The van der Waals surface area contributed by atoms with E-state index < -0.39 is 4.92 Å². The normalized spacial score (nSPS) is 10.4. The van der Waals surface area contributed by atoms with Gasteiger partial charge in [0.2, 0.25) is 0 Å². The van der Waals surface area contributed by atoms with Gasteiger partial charge >= 0.3 is 0 Å². The Hall–Kier alpha value is -2.56. The van der Waals surface area contributed by atoms with E-state index in [9.17, 15) is 10.1 Å². The van der Waals surface area contributed by atoms with Crippen LogP contribution in [0.25, 0.3) is 0 Å². The van der Waals surface area contributed by atoms with Crippen molar-refractivity contribution in [2.24, 2.45) is 0 Å². The third-order valence-electron chi connectivity index (χ3n) is 3.31. The van der Waals surface area contributed by atoms with E-state index >= 15 is 0 Å². The lowest BCUT2D eigenvalue weighted by atomic mass is 10.1. The van der Waals surface area contributed by atoms with Crippen LogP contribution in [-0.4, -0.2) is 4.92 Å². The van der Waals surface area contributed by atoms with E-state index in [1.165, 1.54) is 23.8 Å². The number of nitro groups is 1. The minimum absolute atomic E-state index is 0.0140. The number of ether oxygens (including phenoxy) is 1. The van der Waals surface area contributed by atoms with Gasteiger partial charge in [-0.1, -0.05) is 17.7 Å². The van der Waals surface area contributed by atoms with E-state index in [1.54, 1.807) is 0 Å². The third-order valence-corrected chi connectivity index (χ3v) is 3.31. The molecule has 5 nitrogen and oxygen atoms in total. The Kier molecular flexibility index (Phi) is 4.12.